The Hall–Kier alpha value is -4.19. The van der Waals surface area contributed by atoms with Crippen LogP contribution in [0.5, 0.6) is 0 Å². The second-order valence-electron chi connectivity index (χ2n) is 8.98. The van der Waals surface area contributed by atoms with Crippen molar-refractivity contribution in [2.75, 3.05) is 5.32 Å². The summed E-state index contributed by atoms with van der Waals surface area (Å²) in [6, 6.07) is 22.2. The predicted octanol–water partition coefficient (Wildman–Crippen LogP) is 7.28. The number of allylic oxidation sites excluding steroid dienone is 1. The zero-order valence-electron chi connectivity index (χ0n) is 19.6. The highest BCUT2D eigenvalue weighted by Gasteiger charge is 2.24. The number of amides is 1. The summed E-state index contributed by atoms with van der Waals surface area (Å²) in [7, 11) is 0. The number of pyridine rings is 1. The molecule has 1 amide bonds. The number of nitrogens with one attached hydrogen (secondary N) is 1. The molecule has 0 unspecified atom stereocenters. The first-order valence-electron chi connectivity index (χ1n) is 11.6. The topological polar surface area (TPSA) is 42.0 Å². The third-order valence-electron chi connectivity index (χ3n) is 6.20. The molecule has 1 N–H and O–H groups in total. The summed E-state index contributed by atoms with van der Waals surface area (Å²) in [5.74, 6) is -3.89. The molecule has 0 bridgehead atoms. The normalized spacial score (nSPS) is 12.7. The monoisotopic (exact) mass is 484 g/mol. The molecular weight excluding hydrogens is 461 g/mol. The number of halogens is 3. The average molecular weight is 485 g/mol. The molecule has 0 radical (unpaired) electrons. The van der Waals surface area contributed by atoms with E-state index in [4.69, 9.17) is 0 Å². The van der Waals surface area contributed by atoms with Gasteiger partial charge in [-0.25, -0.2) is 13.2 Å². The van der Waals surface area contributed by atoms with Crippen LogP contribution in [0, 0.1) is 5.82 Å². The van der Waals surface area contributed by atoms with Gasteiger partial charge in [0.15, 0.2) is 0 Å². The van der Waals surface area contributed by atoms with Crippen molar-refractivity contribution < 1.29 is 18.0 Å². The first-order chi connectivity index (χ1) is 17.3. The molecule has 1 aromatic heterocycles. The Morgan fingerprint density at radius 1 is 0.972 bits per heavy atom. The van der Waals surface area contributed by atoms with Crippen LogP contribution in [0.3, 0.4) is 0 Å². The molecule has 0 saturated heterocycles. The molecule has 1 heterocycles. The van der Waals surface area contributed by atoms with Crippen molar-refractivity contribution >= 4 is 23.2 Å². The van der Waals surface area contributed by atoms with Crippen molar-refractivity contribution in [1.29, 1.82) is 0 Å². The number of nitrogens with zero attached hydrogens (tertiary/aromatic N) is 1. The van der Waals surface area contributed by atoms with E-state index in [9.17, 15) is 13.6 Å². The van der Waals surface area contributed by atoms with Gasteiger partial charge in [-0.05, 0) is 52.6 Å². The fourth-order valence-electron chi connectivity index (χ4n) is 4.35. The number of aromatic nitrogens is 1. The minimum Gasteiger partial charge on any atom is -0.326 e. The molecule has 3 nitrogen and oxygen atoms in total. The number of fused-ring (bicyclic) bond motifs is 1. The van der Waals surface area contributed by atoms with Gasteiger partial charge in [0.1, 0.15) is 5.82 Å². The van der Waals surface area contributed by atoms with Crippen LogP contribution in [-0.4, -0.2) is 10.9 Å². The van der Waals surface area contributed by atoms with Crippen molar-refractivity contribution in [2.45, 2.75) is 25.7 Å². The number of alkyl halides is 2. The van der Waals surface area contributed by atoms with E-state index in [1.165, 1.54) is 35.9 Å². The maximum Gasteiger partial charge on any atom is 0.270 e. The van der Waals surface area contributed by atoms with E-state index >= 15 is 4.39 Å². The van der Waals surface area contributed by atoms with Crippen LogP contribution < -0.4 is 5.32 Å². The van der Waals surface area contributed by atoms with Gasteiger partial charge in [0.25, 0.3) is 5.92 Å². The zero-order valence-corrected chi connectivity index (χ0v) is 19.6. The van der Waals surface area contributed by atoms with Crippen LogP contribution in [0.15, 0.2) is 85.1 Å². The van der Waals surface area contributed by atoms with Gasteiger partial charge in [-0.2, -0.15) is 0 Å². The molecule has 0 saturated carbocycles. The van der Waals surface area contributed by atoms with Crippen LogP contribution in [-0.2, 0) is 23.6 Å². The van der Waals surface area contributed by atoms with Crippen molar-refractivity contribution in [3.05, 3.63) is 119 Å². The quantitative estimate of drug-likeness (QED) is 0.313. The van der Waals surface area contributed by atoms with Crippen molar-refractivity contribution in [1.82, 2.24) is 4.98 Å². The number of carbonyl (C=O) groups excluding carboxylic acids is 1. The van der Waals surface area contributed by atoms with E-state index in [0.717, 1.165) is 30.2 Å². The molecular formula is C30H23F3N2O. The van der Waals surface area contributed by atoms with Crippen LogP contribution in [0.25, 0.3) is 22.8 Å². The third kappa shape index (κ3) is 5.08. The van der Waals surface area contributed by atoms with Crippen LogP contribution in [0.2, 0.25) is 0 Å². The van der Waals surface area contributed by atoms with Gasteiger partial charge in [0.05, 0.1) is 12.1 Å². The minimum absolute atomic E-state index is 0.0877. The molecule has 1 aliphatic carbocycles. The number of anilines is 1. The fraction of sp³-hybridized carbons (Fsp3) is 0.133. The first-order valence-corrected chi connectivity index (χ1v) is 11.6. The van der Waals surface area contributed by atoms with Crippen LogP contribution in [0.1, 0.15) is 34.9 Å². The second kappa shape index (κ2) is 9.46. The summed E-state index contributed by atoms with van der Waals surface area (Å²) in [6.45, 7) is 0.799. The highest BCUT2D eigenvalue weighted by Crippen LogP contribution is 2.34. The third-order valence-corrected chi connectivity index (χ3v) is 6.20. The number of rotatable bonds is 6. The number of hydrogen-bond donors (Lipinski definition) is 1. The summed E-state index contributed by atoms with van der Waals surface area (Å²) >= 11 is 0. The molecule has 4 aromatic rings. The molecule has 0 atom stereocenters. The van der Waals surface area contributed by atoms with Crippen LogP contribution in [0.4, 0.5) is 18.9 Å². The molecule has 0 spiro atoms. The van der Waals surface area contributed by atoms with Gasteiger partial charge >= 0.3 is 0 Å². The molecule has 6 heteroatoms. The predicted molar refractivity (Wildman–Crippen MR) is 136 cm³/mol. The van der Waals surface area contributed by atoms with E-state index in [-0.39, 0.29) is 17.7 Å². The van der Waals surface area contributed by atoms with Gasteiger partial charge < -0.3 is 5.32 Å². The van der Waals surface area contributed by atoms with Gasteiger partial charge in [-0.3, -0.25) is 9.78 Å². The summed E-state index contributed by atoms with van der Waals surface area (Å²) < 4.78 is 42.1. The molecule has 1 aliphatic rings. The molecule has 0 fully saturated rings. The minimum atomic E-state index is -3.01. The lowest BCUT2D eigenvalue weighted by molar-refractivity contribution is -0.115. The smallest absolute Gasteiger partial charge is 0.270 e. The van der Waals surface area contributed by atoms with Crippen molar-refractivity contribution in [3.63, 3.8) is 0 Å². The Balaban J connectivity index is 1.30. The maximum absolute atomic E-state index is 15.0. The van der Waals surface area contributed by atoms with Crippen molar-refractivity contribution in [3.8, 4) is 11.1 Å². The average Bonchev–Trinajstić information content (AvgIpc) is 3.28. The van der Waals surface area contributed by atoms with Gasteiger partial charge in [0, 0.05) is 41.9 Å². The molecule has 180 valence electrons. The SMILES string of the molecule is CC(F)(F)c1cccc(NC(=O)Cc2ccc(-c3cnc4c(c3)C=C(c3ccccc3)C4)c(F)c2)c1. The first kappa shape index (κ1) is 23.5. The Kier molecular flexibility index (Phi) is 6.18. The summed E-state index contributed by atoms with van der Waals surface area (Å²) in [5, 5.41) is 2.60. The number of benzene rings is 3. The Labute approximate surface area is 207 Å². The lowest BCUT2D eigenvalue weighted by Crippen LogP contribution is -2.15. The molecule has 5 rings (SSSR count). The van der Waals surface area contributed by atoms with Gasteiger partial charge in [-0.1, -0.05) is 54.6 Å². The zero-order chi connectivity index (χ0) is 25.3. The highest BCUT2D eigenvalue weighted by molar-refractivity contribution is 5.92. The fourth-order valence-corrected chi connectivity index (χ4v) is 4.35. The van der Waals surface area contributed by atoms with Gasteiger partial charge in [0.2, 0.25) is 5.91 Å². The second-order valence-corrected chi connectivity index (χ2v) is 8.98. The Morgan fingerprint density at radius 2 is 1.78 bits per heavy atom. The molecule has 3 aromatic carbocycles. The molecule has 0 aliphatic heterocycles. The van der Waals surface area contributed by atoms with E-state index in [0.29, 0.717) is 16.7 Å². The summed E-state index contributed by atoms with van der Waals surface area (Å²) in [5.41, 5.74) is 5.84. The van der Waals surface area contributed by atoms with Crippen LogP contribution >= 0.6 is 0 Å². The van der Waals surface area contributed by atoms with E-state index < -0.39 is 17.6 Å². The Bertz CT molecular complexity index is 1470. The lowest BCUT2D eigenvalue weighted by atomic mass is 10.0. The summed E-state index contributed by atoms with van der Waals surface area (Å²) in [4.78, 5) is 17.0. The standard InChI is InChI=1S/C30H23F3N2O/c1-30(32,33)24-8-5-9-25(17-24)35-29(36)13-19-10-11-26(27(31)12-19)23-15-22-14-21(16-28(22)34-18-23)20-6-3-2-4-7-20/h2-12,14-15,17-18H,13,16H2,1H3,(H,35,36). The molecule has 36 heavy (non-hydrogen) atoms. The lowest BCUT2D eigenvalue weighted by Gasteiger charge is -2.13. The van der Waals surface area contributed by atoms with E-state index in [2.05, 4.69) is 28.5 Å². The van der Waals surface area contributed by atoms with Gasteiger partial charge in [-0.15, -0.1) is 0 Å². The Morgan fingerprint density at radius 3 is 2.53 bits per heavy atom. The number of carbonyl (C=O) groups is 1. The van der Waals surface area contributed by atoms with E-state index in [1.54, 1.807) is 18.3 Å². The summed E-state index contributed by atoms with van der Waals surface area (Å²) in [6.07, 6.45) is 4.40. The maximum atomic E-state index is 15.0. The highest BCUT2D eigenvalue weighted by atomic mass is 19.3. The van der Waals surface area contributed by atoms with Crippen molar-refractivity contribution in [2.24, 2.45) is 0 Å². The van der Waals surface area contributed by atoms with E-state index in [1.807, 2.05) is 24.3 Å². The largest absolute Gasteiger partial charge is 0.326 e. The number of hydrogen-bond acceptors (Lipinski definition) is 2.